The average Bonchev–Trinajstić information content (AvgIpc) is 2.96. The Morgan fingerprint density at radius 1 is 1.26 bits per heavy atom. The normalized spacial score (nSPS) is 23.7. The van der Waals surface area contributed by atoms with E-state index in [9.17, 15) is 5.11 Å². The summed E-state index contributed by atoms with van der Waals surface area (Å²) in [4.78, 5) is 13.3. The molecule has 144 valence electrons. The first-order valence-electron chi connectivity index (χ1n) is 9.70. The Balaban J connectivity index is 1.61. The first-order valence-corrected chi connectivity index (χ1v) is 9.70. The molecule has 0 saturated carbocycles. The summed E-state index contributed by atoms with van der Waals surface area (Å²) >= 11 is 0. The van der Waals surface area contributed by atoms with Crippen LogP contribution in [0.5, 0.6) is 5.88 Å². The molecule has 1 aliphatic carbocycles. The van der Waals surface area contributed by atoms with Gasteiger partial charge < -0.3 is 14.7 Å². The highest BCUT2D eigenvalue weighted by Crippen LogP contribution is 2.52. The number of aliphatic hydroxyl groups excluding tert-OH is 1. The Morgan fingerprint density at radius 2 is 2.00 bits per heavy atom. The second-order valence-electron chi connectivity index (χ2n) is 7.59. The van der Waals surface area contributed by atoms with Gasteiger partial charge in [0.15, 0.2) is 0 Å². The minimum Gasteiger partial charge on any atom is -0.481 e. The number of methoxy groups -OCH3 is 1. The molecule has 2 aromatic rings. The molecule has 0 unspecified atom stereocenters. The van der Waals surface area contributed by atoms with Crippen molar-refractivity contribution in [2.24, 2.45) is 0 Å². The van der Waals surface area contributed by atoms with Gasteiger partial charge in [-0.25, -0.2) is 4.98 Å². The SMILES string of the molecule is CCN(C)[C@@H]1c2ccccc2C2(CCN(c3nccc(OC)n3)CC2)[C@H]1O. The summed E-state index contributed by atoms with van der Waals surface area (Å²) in [5, 5.41) is 11.4. The number of nitrogens with zero attached hydrogens (tertiary/aromatic N) is 4. The van der Waals surface area contributed by atoms with E-state index >= 15 is 0 Å². The number of likely N-dealkylation sites (N-methyl/N-ethyl adjacent to an activating group) is 1. The van der Waals surface area contributed by atoms with Crippen LogP contribution < -0.4 is 9.64 Å². The van der Waals surface area contributed by atoms with Crippen molar-refractivity contribution < 1.29 is 9.84 Å². The molecule has 2 aliphatic rings. The largest absolute Gasteiger partial charge is 0.481 e. The maximum Gasteiger partial charge on any atom is 0.228 e. The lowest BCUT2D eigenvalue weighted by molar-refractivity contribution is 0.0105. The van der Waals surface area contributed by atoms with Gasteiger partial charge in [0.1, 0.15) is 0 Å². The lowest BCUT2D eigenvalue weighted by Gasteiger charge is -2.43. The topological polar surface area (TPSA) is 61.7 Å². The number of ether oxygens (including phenoxy) is 1. The fraction of sp³-hybridized carbons (Fsp3) is 0.524. The number of fused-ring (bicyclic) bond motifs is 2. The molecule has 1 aromatic heterocycles. The zero-order valence-corrected chi connectivity index (χ0v) is 16.3. The van der Waals surface area contributed by atoms with Crippen molar-refractivity contribution in [2.75, 3.05) is 38.7 Å². The molecule has 6 heteroatoms. The smallest absolute Gasteiger partial charge is 0.228 e. The van der Waals surface area contributed by atoms with E-state index in [4.69, 9.17) is 4.74 Å². The third-order valence-corrected chi connectivity index (χ3v) is 6.42. The Kier molecular flexibility index (Phi) is 4.78. The van der Waals surface area contributed by atoms with Gasteiger partial charge in [-0.1, -0.05) is 31.2 Å². The molecule has 1 saturated heterocycles. The molecule has 0 radical (unpaired) electrons. The molecule has 6 nitrogen and oxygen atoms in total. The van der Waals surface area contributed by atoms with E-state index in [0.29, 0.717) is 11.8 Å². The van der Waals surface area contributed by atoms with Gasteiger partial charge in [0.05, 0.1) is 19.3 Å². The molecule has 1 spiro atoms. The summed E-state index contributed by atoms with van der Waals surface area (Å²) in [6, 6.07) is 10.4. The van der Waals surface area contributed by atoms with Gasteiger partial charge >= 0.3 is 0 Å². The van der Waals surface area contributed by atoms with E-state index < -0.39 is 6.10 Å². The summed E-state index contributed by atoms with van der Waals surface area (Å²) in [5.74, 6) is 1.28. The molecule has 27 heavy (non-hydrogen) atoms. The van der Waals surface area contributed by atoms with Crippen LogP contribution in [0.3, 0.4) is 0 Å². The highest BCUT2D eigenvalue weighted by atomic mass is 16.5. The van der Waals surface area contributed by atoms with Crippen LogP contribution >= 0.6 is 0 Å². The number of rotatable bonds is 4. The maximum atomic E-state index is 11.4. The van der Waals surface area contributed by atoms with Crippen LogP contribution in [0.1, 0.15) is 36.9 Å². The molecular weight excluding hydrogens is 340 g/mol. The Hall–Kier alpha value is -2.18. The molecule has 4 rings (SSSR count). The highest BCUT2D eigenvalue weighted by molar-refractivity contribution is 5.47. The molecule has 0 amide bonds. The molecule has 1 fully saturated rings. The number of aliphatic hydroxyl groups is 1. The molecular formula is C21H28N4O2. The van der Waals surface area contributed by atoms with Crippen molar-refractivity contribution in [1.29, 1.82) is 0 Å². The number of piperidine rings is 1. The first-order chi connectivity index (χ1) is 13.1. The van der Waals surface area contributed by atoms with Gasteiger partial charge in [0, 0.05) is 30.8 Å². The van der Waals surface area contributed by atoms with Crippen LogP contribution in [-0.4, -0.2) is 59.9 Å². The number of anilines is 1. The predicted molar refractivity (Wildman–Crippen MR) is 105 cm³/mol. The second-order valence-corrected chi connectivity index (χ2v) is 7.59. The van der Waals surface area contributed by atoms with Crippen molar-refractivity contribution in [1.82, 2.24) is 14.9 Å². The number of aromatic nitrogens is 2. The summed E-state index contributed by atoms with van der Waals surface area (Å²) in [5.41, 5.74) is 2.40. The van der Waals surface area contributed by atoms with Gasteiger partial charge in [-0.3, -0.25) is 4.90 Å². The van der Waals surface area contributed by atoms with Gasteiger partial charge in [-0.15, -0.1) is 0 Å². The van der Waals surface area contributed by atoms with Crippen molar-refractivity contribution in [3.05, 3.63) is 47.7 Å². The van der Waals surface area contributed by atoms with Crippen molar-refractivity contribution in [3.8, 4) is 5.88 Å². The molecule has 2 heterocycles. The number of hydrogen-bond donors (Lipinski definition) is 1. The number of benzene rings is 1. The van der Waals surface area contributed by atoms with E-state index in [-0.39, 0.29) is 11.5 Å². The highest BCUT2D eigenvalue weighted by Gasteiger charge is 2.53. The molecule has 1 aromatic carbocycles. The second kappa shape index (κ2) is 7.09. The van der Waals surface area contributed by atoms with Crippen LogP contribution in [0.4, 0.5) is 5.95 Å². The van der Waals surface area contributed by atoms with Crippen molar-refractivity contribution in [3.63, 3.8) is 0 Å². The first kappa shape index (κ1) is 18.2. The maximum absolute atomic E-state index is 11.4. The van der Waals surface area contributed by atoms with Crippen molar-refractivity contribution >= 4 is 5.95 Å². The Labute approximate surface area is 160 Å². The fourth-order valence-electron chi connectivity index (χ4n) is 4.78. The summed E-state index contributed by atoms with van der Waals surface area (Å²) in [6.45, 7) is 4.70. The van der Waals surface area contributed by atoms with Crippen molar-refractivity contribution in [2.45, 2.75) is 37.3 Å². The summed E-state index contributed by atoms with van der Waals surface area (Å²) < 4.78 is 5.23. The third-order valence-electron chi connectivity index (χ3n) is 6.42. The molecule has 0 bridgehead atoms. The predicted octanol–water partition coefficient (Wildman–Crippen LogP) is 2.39. The van der Waals surface area contributed by atoms with E-state index in [2.05, 4.69) is 58.0 Å². The third kappa shape index (κ3) is 2.87. The monoisotopic (exact) mass is 368 g/mol. The average molecular weight is 368 g/mol. The molecule has 2 atom stereocenters. The molecule has 1 aliphatic heterocycles. The Morgan fingerprint density at radius 3 is 2.70 bits per heavy atom. The Bertz CT molecular complexity index is 804. The zero-order chi connectivity index (χ0) is 19.0. The number of hydrogen-bond acceptors (Lipinski definition) is 6. The summed E-state index contributed by atoms with van der Waals surface area (Å²) in [7, 11) is 3.72. The standard InChI is InChI=1S/C21H28N4O2/c1-4-24(2)18-15-7-5-6-8-16(15)21(19(18)26)10-13-25(14-11-21)20-22-12-9-17(23-20)27-3/h5-9,12,18-19,26H,4,10-11,13-14H2,1-3H3/t18-,19+/m1/s1. The fourth-order valence-corrected chi connectivity index (χ4v) is 4.78. The van der Waals surface area contributed by atoms with Gasteiger partial charge in [0.25, 0.3) is 0 Å². The van der Waals surface area contributed by atoms with E-state index in [1.165, 1.54) is 11.1 Å². The van der Waals surface area contributed by atoms with Crippen LogP contribution in [0.2, 0.25) is 0 Å². The van der Waals surface area contributed by atoms with Gasteiger partial charge in [-0.2, -0.15) is 4.98 Å². The van der Waals surface area contributed by atoms with Crippen LogP contribution in [-0.2, 0) is 5.41 Å². The zero-order valence-electron chi connectivity index (χ0n) is 16.3. The van der Waals surface area contributed by atoms with E-state index in [0.717, 1.165) is 32.5 Å². The van der Waals surface area contributed by atoms with Crippen LogP contribution in [0.25, 0.3) is 0 Å². The van der Waals surface area contributed by atoms with E-state index in [1.54, 1.807) is 19.4 Å². The minimum atomic E-state index is -0.395. The lowest BCUT2D eigenvalue weighted by atomic mass is 9.72. The lowest BCUT2D eigenvalue weighted by Crippen LogP contribution is -2.49. The van der Waals surface area contributed by atoms with Crippen LogP contribution in [0, 0.1) is 0 Å². The minimum absolute atomic E-state index is 0.0609. The van der Waals surface area contributed by atoms with E-state index in [1.807, 2.05) is 0 Å². The van der Waals surface area contributed by atoms with Gasteiger partial charge in [-0.05, 0) is 37.6 Å². The van der Waals surface area contributed by atoms with Gasteiger partial charge in [0.2, 0.25) is 11.8 Å². The quantitative estimate of drug-likeness (QED) is 0.894. The molecule has 1 N–H and O–H groups in total. The van der Waals surface area contributed by atoms with Crippen LogP contribution in [0.15, 0.2) is 36.5 Å². The summed E-state index contributed by atoms with van der Waals surface area (Å²) in [6.07, 6.45) is 3.12.